The molecule has 0 unspecified atom stereocenters. The van der Waals surface area contributed by atoms with Crippen LogP contribution in [-0.4, -0.2) is 17.7 Å². The van der Waals surface area contributed by atoms with Crippen LogP contribution in [0.5, 0.6) is 11.5 Å². The zero-order valence-electron chi connectivity index (χ0n) is 13.2. The Hall–Kier alpha value is -2.60. The van der Waals surface area contributed by atoms with Gasteiger partial charge in [0.15, 0.2) is 11.5 Å². The van der Waals surface area contributed by atoms with E-state index >= 15 is 0 Å². The van der Waals surface area contributed by atoms with E-state index < -0.39 is 0 Å². The zero-order chi connectivity index (χ0) is 16.5. The molecule has 0 fully saturated rings. The number of thiazole rings is 1. The predicted molar refractivity (Wildman–Crippen MR) is 91.9 cm³/mol. The van der Waals surface area contributed by atoms with E-state index in [1.807, 2.05) is 42.7 Å². The summed E-state index contributed by atoms with van der Waals surface area (Å²) in [5, 5.41) is 6.00. The highest BCUT2D eigenvalue weighted by Crippen LogP contribution is 2.32. The van der Waals surface area contributed by atoms with Crippen molar-refractivity contribution < 1.29 is 14.3 Å². The van der Waals surface area contributed by atoms with Crippen LogP contribution in [0.1, 0.15) is 22.7 Å². The number of rotatable bonds is 4. The summed E-state index contributed by atoms with van der Waals surface area (Å²) in [7, 11) is 0. The van der Waals surface area contributed by atoms with Crippen molar-refractivity contribution in [3.05, 3.63) is 57.6 Å². The van der Waals surface area contributed by atoms with Crippen molar-refractivity contribution in [2.24, 2.45) is 0 Å². The van der Waals surface area contributed by atoms with Crippen LogP contribution in [0, 0.1) is 6.92 Å². The van der Waals surface area contributed by atoms with Gasteiger partial charge in [0.05, 0.1) is 10.7 Å². The third kappa shape index (κ3) is 2.92. The summed E-state index contributed by atoms with van der Waals surface area (Å²) < 4.78 is 10.6. The van der Waals surface area contributed by atoms with E-state index in [0.717, 1.165) is 38.9 Å². The Labute approximate surface area is 143 Å². The van der Waals surface area contributed by atoms with E-state index in [2.05, 4.69) is 10.3 Å². The standard InChI is InChI=1S/C18H16N2O3S/c1-11-20-15(9-24-11)13-3-4-14(7-13)18(21)19-8-12-2-5-16-17(6-12)23-10-22-16/h2-3,5-7,9H,4,8,10H2,1H3,(H,19,21). The first-order valence-corrected chi connectivity index (χ1v) is 8.57. The third-order valence-corrected chi connectivity index (χ3v) is 4.74. The molecule has 0 spiro atoms. The van der Waals surface area contributed by atoms with E-state index in [1.54, 1.807) is 11.3 Å². The van der Waals surface area contributed by atoms with Gasteiger partial charge in [0, 0.05) is 17.5 Å². The summed E-state index contributed by atoms with van der Waals surface area (Å²) in [4.78, 5) is 16.8. The van der Waals surface area contributed by atoms with Crippen molar-refractivity contribution in [1.29, 1.82) is 0 Å². The first-order valence-electron chi connectivity index (χ1n) is 7.69. The number of amides is 1. The smallest absolute Gasteiger partial charge is 0.247 e. The van der Waals surface area contributed by atoms with Gasteiger partial charge in [0.2, 0.25) is 12.7 Å². The fourth-order valence-corrected chi connectivity index (χ4v) is 3.33. The Balaban J connectivity index is 1.39. The molecule has 1 aliphatic heterocycles. The molecule has 2 aliphatic rings. The summed E-state index contributed by atoms with van der Waals surface area (Å²) in [5.74, 6) is 1.42. The second kappa shape index (κ2) is 6.13. The summed E-state index contributed by atoms with van der Waals surface area (Å²) in [6, 6.07) is 5.69. The summed E-state index contributed by atoms with van der Waals surface area (Å²) in [6.45, 7) is 2.69. The molecule has 0 radical (unpaired) electrons. The monoisotopic (exact) mass is 340 g/mol. The molecule has 0 atom stereocenters. The van der Waals surface area contributed by atoms with Crippen LogP contribution in [0.15, 0.2) is 41.3 Å². The van der Waals surface area contributed by atoms with Gasteiger partial charge in [-0.05, 0) is 42.7 Å². The van der Waals surface area contributed by atoms with Crippen LogP contribution in [0.2, 0.25) is 0 Å². The quantitative estimate of drug-likeness (QED) is 0.928. The Morgan fingerprint density at radius 3 is 3.04 bits per heavy atom. The van der Waals surface area contributed by atoms with Crippen LogP contribution < -0.4 is 14.8 Å². The van der Waals surface area contributed by atoms with E-state index in [4.69, 9.17) is 9.47 Å². The lowest BCUT2D eigenvalue weighted by atomic mass is 10.1. The molecule has 24 heavy (non-hydrogen) atoms. The van der Waals surface area contributed by atoms with Gasteiger partial charge in [-0.3, -0.25) is 4.79 Å². The minimum atomic E-state index is -0.0501. The van der Waals surface area contributed by atoms with Crippen LogP contribution in [0.25, 0.3) is 5.57 Å². The number of fused-ring (bicyclic) bond motifs is 1. The minimum absolute atomic E-state index is 0.0501. The number of hydrogen-bond acceptors (Lipinski definition) is 5. The number of aromatic nitrogens is 1. The number of carbonyl (C=O) groups is 1. The lowest BCUT2D eigenvalue weighted by Crippen LogP contribution is -2.23. The largest absolute Gasteiger partial charge is 0.454 e. The average molecular weight is 340 g/mol. The molecule has 1 N–H and O–H groups in total. The number of nitrogens with zero attached hydrogens (tertiary/aromatic N) is 1. The van der Waals surface area contributed by atoms with Crippen molar-refractivity contribution >= 4 is 22.8 Å². The van der Waals surface area contributed by atoms with Crippen LogP contribution in [-0.2, 0) is 11.3 Å². The highest BCUT2D eigenvalue weighted by molar-refractivity contribution is 7.09. The number of nitrogens with one attached hydrogen (secondary N) is 1. The van der Waals surface area contributed by atoms with Crippen LogP contribution in [0.4, 0.5) is 0 Å². The topological polar surface area (TPSA) is 60.5 Å². The molecule has 1 aromatic heterocycles. The number of aryl methyl sites for hydroxylation is 1. The first-order chi connectivity index (χ1) is 11.7. The van der Waals surface area contributed by atoms with Gasteiger partial charge < -0.3 is 14.8 Å². The highest BCUT2D eigenvalue weighted by Gasteiger charge is 2.17. The highest BCUT2D eigenvalue weighted by atomic mass is 32.1. The molecule has 1 amide bonds. The molecule has 4 rings (SSSR count). The molecular weight excluding hydrogens is 324 g/mol. The van der Waals surface area contributed by atoms with Gasteiger partial charge in [-0.25, -0.2) is 4.98 Å². The van der Waals surface area contributed by atoms with Crippen molar-refractivity contribution in [3.8, 4) is 11.5 Å². The van der Waals surface area contributed by atoms with Gasteiger partial charge in [0.25, 0.3) is 0 Å². The van der Waals surface area contributed by atoms with Gasteiger partial charge in [-0.15, -0.1) is 11.3 Å². The number of allylic oxidation sites excluding steroid dienone is 3. The fourth-order valence-electron chi connectivity index (χ4n) is 2.71. The molecular formula is C18H16N2O3S. The molecule has 0 saturated heterocycles. The molecule has 0 bridgehead atoms. The zero-order valence-corrected chi connectivity index (χ0v) is 14.0. The minimum Gasteiger partial charge on any atom is -0.454 e. The maximum atomic E-state index is 12.3. The molecule has 2 heterocycles. The molecule has 6 heteroatoms. The number of benzene rings is 1. The second-order valence-corrected chi connectivity index (χ2v) is 6.72. The summed E-state index contributed by atoms with van der Waals surface area (Å²) in [5.41, 5.74) is 3.70. The van der Waals surface area contributed by atoms with Crippen molar-refractivity contribution in [2.75, 3.05) is 6.79 Å². The van der Waals surface area contributed by atoms with Gasteiger partial charge in [-0.1, -0.05) is 12.1 Å². The molecule has 2 aromatic rings. The van der Waals surface area contributed by atoms with Crippen molar-refractivity contribution in [1.82, 2.24) is 10.3 Å². The number of hydrogen-bond donors (Lipinski definition) is 1. The maximum absolute atomic E-state index is 12.3. The Bertz CT molecular complexity index is 867. The van der Waals surface area contributed by atoms with Gasteiger partial charge >= 0.3 is 0 Å². The SMILES string of the molecule is Cc1nc(C2=CCC(C(=O)NCc3ccc4c(c3)OCO4)=C2)cs1. The van der Waals surface area contributed by atoms with Crippen LogP contribution >= 0.6 is 11.3 Å². The van der Waals surface area contributed by atoms with Crippen molar-refractivity contribution in [3.63, 3.8) is 0 Å². The summed E-state index contributed by atoms with van der Waals surface area (Å²) in [6.07, 6.45) is 4.60. The normalized spacial score (nSPS) is 15.2. The Morgan fingerprint density at radius 2 is 2.21 bits per heavy atom. The van der Waals surface area contributed by atoms with Crippen LogP contribution in [0.3, 0.4) is 0 Å². The molecule has 122 valence electrons. The molecule has 1 aliphatic carbocycles. The molecule has 0 saturated carbocycles. The Kier molecular flexibility index (Phi) is 3.82. The van der Waals surface area contributed by atoms with E-state index in [0.29, 0.717) is 13.0 Å². The number of ether oxygens (including phenoxy) is 2. The third-order valence-electron chi connectivity index (χ3n) is 3.97. The van der Waals surface area contributed by atoms with E-state index in [9.17, 15) is 4.79 Å². The second-order valence-electron chi connectivity index (χ2n) is 5.66. The predicted octanol–water partition coefficient (Wildman–Crippen LogP) is 3.21. The Morgan fingerprint density at radius 1 is 1.33 bits per heavy atom. The maximum Gasteiger partial charge on any atom is 0.247 e. The fraction of sp³-hybridized carbons (Fsp3) is 0.222. The summed E-state index contributed by atoms with van der Waals surface area (Å²) >= 11 is 1.61. The van der Waals surface area contributed by atoms with Gasteiger partial charge in [0.1, 0.15) is 0 Å². The average Bonchev–Trinajstić information content (AvgIpc) is 3.31. The lowest BCUT2D eigenvalue weighted by Gasteiger charge is -2.06. The molecule has 5 nitrogen and oxygen atoms in total. The van der Waals surface area contributed by atoms with Crippen molar-refractivity contribution in [2.45, 2.75) is 19.9 Å². The molecule has 1 aromatic carbocycles. The lowest BCUT2D eigenvalue weighted by molar-refractivity contribution is -0.117. The van der Waals surface area contributed by atoms with E-state index in [1.165, 1.54) is 0 Å². The first kappa shape index (κ1) is 15.0. The van der Waals surface area contributed by atoms with E-state index in [-0.39, 0.29) is 12.7 Å². The number of carbonyl (C=O) groups excluding carboxylic acids is 1. The van der Waals surface area contributed by atoms with Gasteiger partial charge in [-0.2, -0.15) is 0 Å².